The first-order chi connectivity index (χ1) is 20.2. The van der Waals surface area contributed by atoms with Crippen molar-refractivity contribution >= 4 is 0 Å². The van der Waals surface area contributed by atoms with Crippen molar-refractivity contribution in [3.8, 4) is 47.4 Å². The Hall–Kier alpha value is -3.56. The van der Waals surface area contributed by atoms with E-state index in [0.29, 0.717) is 0 Å². The molecule has 0 saturated carbocycles. The second kappa shape index (κ2) is 11.7. The molecule has 2 saturated heterocycles. The van der Waals surface area contributed by atoms with E-state index in [-0.39, 0.29) is 25.7 Å². The molecule has 0 aromatic heterocycles. The number of nitrogens with zero attached hydrogens (tertiary/aromatic N) is 2. The highest BCUT2D eigenvalue weighted by molar-refractivity contribution is 5.48. The fourth-order valence-corrected chi connectivity index (χ4v) is 6.95. The van der Waals surface area contributed by atoms with E-state index in [1.165, 1.54) is 0 Å². The molecule has 2 fully saturated rings. The Morgan fingerprint density at radius 1 is 0.477 bits per heavy atom. The van der Waals surface area contributed by atoms with Crippen molar-refractivity contribution in [2.24, 2.45) is 0 Å². The van der Waals surface area contributed by atoms with E-state index in [4.69, 9.17) is 0 Å². The van der Waals surface area contributed by atoms with Gasteiger partial charge in [-0.3, -0.25) is 0 Å². The molecule has 2 N–H and O–H groups in total. The normalized spacial score (nSPS) is 22.4. The Balaban J connectivity index is 1.38. The van der Waals surface area contributed by atoms with Crippen molar-refractivity contribution in [1.82, 2.24) is 10.1 Å². The summed E-state index contributed by atoms with van der Waals surface area (Å²) in [6, 6.07) is 14.9. The summed E-state index contributed by atoms with van der Waals surface area (Å²) in [5, 5.41) is 49.7. The molecule has 2 radical (unpaired) electrons. The summed E-state index contributed by atoms with van der Waals surface area (Å²) in [4.78, 5) is 0. The van der Waals surface area contributed by atoms with Crippen LogP contribution in [0.1, 0.15) is 103 Å². The zero-order chi connectivity index (χ0) is 32.6. The van der Waals surface area contributed by atoms with Gasteiger partial charge in [0.05, 0.1) is 0 Å². The molecule has 0 atom stereocenters. The molecule has 0 bridgehead atoms. The van der Waals surface area contributed by atoms with E-state index in [9.17, 15) is 20.6 Å². The van der Waals surface area contributed by atoms with Gasteiger partial charge in [-0.2, -0.15) is 0 Å². The highest BCUT2D eigenvalue weighted by Crippen LogP contribution is 2.43. The fraction of sp³-hybridized carbons (Fsp3) is 0.474. The van der Waals surface area contributed by atoms with Crippen LogP contribution in [-0.2, 0) is 10.4 Å². The lowest BCUT2D eigenvalue weighted by Crippen LogP contribution is -2.63. The van der Waals surface area contributed by atoms with Crippen LogP contribution >= 0.6 is 0 Å². The van der Waals surface area contributed by atoms with Crippen LogP contribution in [0.15, 0.2) is 48.5 Å². The molecule has 2 heterocycles. The number of rotatable bonds is 0. The van der Waals surface area contributed by atoms with Crippen LogP contribution in [0.2, 0.25) is 0 Å². The maximum Gasteiger partial charge on any atom is 0.129 e. The molecule has 0 spiro atoms. The fourth-order valence-electron chi connectivity index (χ4n) is 6.95. The molecule has 6 heteroatoms. The zero-order valence-electron chi connectivity index (χ0n) is 27.1. The maximum atomic E-state index is 12.6. The van der Waals surface area contributed by atoms with Crippen LogP contribution < -0.4 is 0 Å². The number of hydrogen-bond donors (Lipinski definition) is 2. The predicted octanol–water partition coefficient (Wildman–Crippen LogP) is 5.25. The monoisotopic (exact) mass is 590 g/mol. The first-order valence-electron chi connectivity index (χ1n) is 14.9. The van der Waals surface area contributed by atoms with Gasteiger partial charge in [-0.1, -0.05) is 35.5 Å². The molecule has 228 valence electrons. The summed E-state index contributed by atoms with van der Waals surface area (Å²) in [5.74, 6) is 24.0. The third-order valence-electron chi connectivity index (χ3n) is 8.22. The Kier molecular flexibility index (Phi) is 8.90. The number of piperidine rings is 2. The Morgan fingerprint density at radius 2 is 0.705 bits per heavy atom. The van der Waals surface area contributed by atoms with E-state index in [0.717, 1.165) is 32.4 Å². The van der Waals surface area contributed by atoms with Gasteiger partial charge in [0.2, 0.25) is 0 Å². The predicted molar refractivity (Wildman–Crippen MR) is 170 cm³/mol. The van der Waals surface area contributed by atoms with E-state index in [1.807, 2.05) is 104 Å². The molecule has 6 nitrogen and oxygen atoms in total. The van der Waals surface area contributed by atoms with Crippen molar-refractivity contribution in [3.05, 3.63) is 70.8 Å². The molecule has 0 amide bonds. The summed E-state index contributed by atoms with van der Waals surface area (Å²) < 4.78 is 0. The van der Waals surface area contributed by atoms with Crippen LogP contribution in [0.5, 0.6) is 0 Å². The molecular weight excluding hydrogens is 548 g/mol. The van der Waals surface area contributed by atoms with E-state index in [1.54, 1.807) is 0 Å². The van der Waals surface area contributed by atoms with Gasteiger partial charge in [-0.25, -0.2) is 0 Å². The van der Waals surface area contributed by atoms with Crippen molar-refractivity contribution in [1.29, 1.82) is 0 Å². The van der Waals surface area contributed by atoms with E-state index >= 15 is 0 Å². The molecule has 2 aliphatic heterocycles. The molecule has 0 aliphatic carbocycles. The van der Waals surface area contributed by atoms with Crippen LogP contribution in [0.25, 0.3) is 0 Å². The molecule has 2 aliphatic rings. The van der Waals surface area contributed by atoms with Gasteiger partial charge >= 0.3 is 0 Å². The number of benzene rings is 2. The quantitative estimate of drug-likeness (QED) is 0.411. The smallest absolute Gasteiger partial charge is 0.129 e. The van der Waals surface area contributed by atoms with E-state index < -0.39 is 33.4 Å². The Bertz CT molecular complexity index is 1480. The Labute approximate surface area is 263 Å². The number of aliphatic hydroxyl groups is 2. The van der Waals surface area contributed by atoms with Crippen LogP contribution in [0, 0.1) is 47.4 Å². The number of hydrogen-bond acceptors (Lipinski definition) is 4. The minimum absolute atomic E-state index is 0.279. The van der Waals surface area contributed by atoms with Crippen LogP contribution in [0.4, 0.5) is 0 Å². The van der Waals surface area contributed by atoms with Crippen LogP contribution in [-0.4, -0.2) is 53.7 Å². The minimum Gasteiger partial charge on any atom is -0.377 e. The lowest BCUT2D eigenvalue weighted by Gasteiger charge is -2.51. The van der Waals surface area contributed by atoms with Gasteiger partial charge in [-0.15, -0.1) is 20.5 Å². The van der Waals surface area contributed by atoms with Crippen molar-refractivity contribution in [2.45, 2.75) is 114 Å². The zero-order valence-corrected chi connectivity index (χ0v) is 27.1. The molecule has 2 aromatic carbocycles. The van der Waals surface area contributed by atoms with Crippen molar-refractivity contribution in [3.63, 3.8) is 0 Å². The lowest BCUT2D eigenvalue weighted by atomic mass is 9.72. The third kappa shape index (κ3) is 7.74. The first-order valence-corrected chi connectivity index (χ1v) is 14.9. The topological polar surface area (TPSA) is 86.7 Å². The standard InChI is InChI=1S/C38H42N2O4/c1-33(2)25-37(41,26-34(3,4)39(33)43)23-21-31-17-13-29(14-18-31)11-9-10-12-30-15-19-32(20-16-30)22-24-38(42)27-35(5,6)40(44)36(7,8)28-38/h13-20,41-42H,25-28H2,1-8H3. The van der Waals surface area contributed by atoms with E-state index in [2.05, 4.69) is 47.4 Å². The van der Waals surface area contributed by atoms with Gasteiger partial charge in [0.25, 0.3) is 0 Å². The molecule has 44 heavy (non-hydrogen) atoms. The number of hydroxylamine groups is 4. The van der Waals surface area contributed by atoms with Crippen molar-refractivity contribution in [2.75, 3.05) is 0 Å². The van der Waals surface area contributed by atoms with Gasteiger partial charge in [0, 0.05) is 70.1 Å². The molecule has 4 rings (SSSR count). The average Bonchev–Trinajstić information content (AvgIpc) is 2.91. The summed E-state index contributed by atoms with van der Waals surface area (Å²) in [5.41, 5.74) is -2.21. The second-order valence-corrected chi connectivity index (χ2v) is 14.8. The lowest BCUT2D eigenvalue weighted by molar-refractivity contribution is -0.305. The average molecular weight is 591 g/mol. The van der Waals surface area contributed by atoms with Crippen LogP contribution in [0.3, 0.4) is 0 Å². The summed E-state index contributed by atoms with van der Waals surface area (Å²) in [6.07, 6.45) is 1.12. The summed E-state index contributed by atoms with van der Waals surface area (Å²) in [7, 11) is 0. The largest absolute Gasteiger partial charge is 0.377 e. The summed E-state index contributed by atoms with van der Waals surface area (Å²) in [6.45, 7) is 14.7. The van der Waals surface area contributed by atoms with Gasteiger partial charge in [0.1, 0.15) is 11.2 Å². The van der Waals surface area contributed by atoms with Gasteiger partial charge in [0.15, 0.2) is 0 Å². The molecule has 0 unspecified atom stereocenters. The highest BCUT2D eigenvalue weighted by Gasteiger charge is 2.53. The van der Waals surface area contributed by atoms with Gasteiger partial charge < -0.3 is 10.2 Å². The SMILES string of the molecule is CC1(C)CC(O)(C#Cc2ccc(C#CC#Cc3ccc(C#CC4(O)CC(C)(C)N([O])C(C)(C)C4)cc3)cc2)CC(C)(C)N1[O]. The second-order valence-electron chi connectivity index (χ2n) is 14.8. The maximum absolute atomic E-state index is 12.6. The van der Waals surface area contributed by atoms with Gasteiger partial charge in [-0.05, 0) is 116 Å². The third-order valence-corrected chi connectivity index (χ3v) is 8.22. The summed E-state index contributed by atoms with van der Waals surface area (Å²) >= 11 is 0. The highest BCUT2D eigenvalue weighted by atomic mass is 16.5. The van der Waals surface area contributed by atoms with Crippen molar-refractivity contribution < 1.29 is 20.6 Å². The molecule has 2 aromatic rings. The first kappa shape index (κ1) is 33.3. The minimum atomic E-state index is -1.24. The Morgan fingerprint density at radius 3 is 0.955 bits per heavy atom. The molecular formula is C38H42N2O4.